The van der Waals surface area contributed by atoms with E-state index in [2.05, 4.69) is 20.6 Å². The normalized spacial score (nSPS) is 11.5. The number of nitrogens with zero attached hydrogens (tertiary/aromatic N) is 4. The number of hydrogen-bond donors (Lipinski definition) is 1. The molecule has 6 nitrogen and oxygen atoms in total. The van der Waals surface area contributed by atoms with Crippen LogP contribution in [0.1, 0.15) is 45.7 Å². The van der Waals surface area contributed by atoms with Gasteiger partial charge in [0.25, 0.3) is 5.91 Å². The van der Waals surface area contributed by atoms with Gasteiger partial charge in [0.2, 0.25) is 5.13 Å². The highest BCUT2D eigenvalue weighted by Crippen LogP contribution is 2.31. The monoisotopic (exact) mass is 431 g/mol. The number of thiophene rings is 1. The van der Waals surface area contributed by atoms with Crippen LogP contribution >= 0.6 is 34.3 Å². The van der Waals surface area contributed by atoms with Gasteiger partial charge >= 0.3 is 0 Å². The lowest BCUT2D eigenvalue weighted by Gasteiger charge is -2.05. The highest BCUT2D eigenvalue weighted by Gasteiger charge is 2.18. The van der Waals surface area contributed by atoms with E-state index in [0.717, 1.165) is 26.5 Å². The summed E-state index contributed by atoms with van der Waals surface area (Å²) < 4.78 is 1.90. The van der Waals surface area contributed by atoms with Crippen LogP contribution in [0.4, 0.5) is 5.13 Å². The molecule has 144 valence electrons. The Morgan fingerprint density at radius 2 is 2.04 bits per heavy atom. The average Bonchev–Trinajstić information content (AvgIpc) is 3.35. The SMILES string of the molecule is Cc1nn(Cc2ccccc2Cl)c2sc(C(=O)Nc3nnc(C(C)C)s3)cc12. The summed E-state index contributed by atoms with van der Waals surface area (Å²) in [6.45, 7) is 6.59. The maximum atomic E-state index is 12.7. The van der Waals surface area contributed by atoms with Gasteiger partial charge in [-0.25, -0.2) is 0 Å². The molecule has 9 heteroatoms. The molecule has 4 aromatic rings. The van der Waals surface area contributed by atoms with E-state index < -0.39 is 0 Å². The van der Waals surface area contributed by atoms with E-state index in [1.165, 1.54) is 22.7 Å². The van der Waals surface area contributed by atoms with Gasteiger partial charge in [0.1, 0.15) is 9.84 Å². The number of aryl methyl sites for hydroxylation is 1. The first-order chi connectivity index (χ1) is 13.4. The minimum Gasteiger partial charge on any atom is -0.296 e. The number of benzene rings is 1. The van der Waals surface area contributed by atoms with Crippen molar-refractivity contribution in [3.63, 3.8) is 0 Å². The number of nitrogens with one attached hydrogen (secondary N) is 1. The Kier molecular flexibility index (Phi) is 5.18. The molecule has 1 N–H and O–H groups in total. The molecule has 0 fully saturated rings. The van der Waals surface area contributed by atoms with E-state index in [1.807, 2.05) is 55.8 Å². The van der Waals surface area contributed by atoms with Crippen molar-refractivity contribution in [1.82, 2.24) is 20.0 Å². The first-order valence-electron chi connectivity index (χ1n) is 8.77. The smallest absolute Gasteiger partial charge is 0.267 e. The van der Waals surface area contributed by atoms with Gasteiger partial charge in [-0.3, -0.25) is 14.8 Å². The van der Waals surface area contributed by atoms with Gasteiger partial charge in [-0.1, -0.05) is 55.0 Å². The van der Waals surface area contributed by atoms with Gasteiger partial charge in [0.15, 0.2) is 0 Å². The molecule has 0 aliphatic rings. The Hall–Kier alpha value is -2.29. The summed E-state index contributed by atoms with van der Waals surface area (Å²) in [6.07, 6.45) is 0. The molecule has 1 aromatic carbocycles. The van der Waals surface area contributed by atoms with Crippen LogP contribution in [-0.2, 0) is 6.54 Å². The van der Waals surface area contributed by atoms with Gasteiger partial charge in [-0.2, -0.15) is 5.10 Å². The molecule has 1 amide bonds. The fraction of sp³-hybridized carbons (Fsp3) is 0.263. The van der Waals surface area contributed by atoms with Crippen molar-refractivity contribution >= 4 is 55.5 Å². The minimum absolute atomic E-state index is 0.184. The second kappa shape index (κ2) is 7.62. The topological polar surface area (TPSA) is 72.7 Å². The number of anilines is 1. The molecular weight excluding hydrogens is 414 g/mol. The van der Waals surface area contributed by atoms with Crippen molar-refractivity contribution in [1.29, 1.82) is 0 Å². The summed E-state index contributed by atoms with van der Waals surface area (Å²) in [5.41, 5.74) is 1.87. The maximum Gasteiger partial charge on any atom is 0.267 e. The molecule has 0 spiro atoms. The van der Waals surface area contributed by atoms with Gasteiger partial charge in [-0.05, 0) is 24.6 Å². The zero-order valence-corrected chi connectivity index (χ0v) is 18.0. The molecule has 3 aromatic heterocycles. The number of hydrogen-bond acceptors (Lipinski definition) is 6. The lowest BCUT2D eigenvalue weighted by molar-refractivity contribution is 0.103. The number of amides is 1. The quantitative estimate of drug-likeness (QED) is 0.463. The standard InChI is InChI=1S/C19H18ClN5OS2/c1-10(2)17-22-23-19(28-17)21-16(26)15-8-13-11(3)24-25(18(13)27-15)9-12-6-4-5-7-14(12)20/h4-8,10H,9H2,1-3H3,(H,21,23,26). The number of halogens is 1. The van der Waals surface area contributed by atoms with Crippen LogP contribution in [0.2, 0.25) is 5.02 Å². The fourth-order valence-electron chi connectivity index (χ4n) is 2.80. The van der Waals surface area contributed by atoms with Crippen LogP contribution in [0, 0.1) is 6.92 Å². The van der Waals surface area contributed by atoms with Gasteiger partial charge < -0.3 is 0 Å². The van der Waals surface area contributed by atoms with Gasteiger partial charge in [-0.15, -0.1) is 21.5 Å². The molecule has 28 heavy (non-hydrogen) atoms. The molecule has 0 unspecified atom stereocenters. The van der Waals surface area contributed by atoms with Crippen molar-refractivity contribution in [3.8, 4) is 0 Å². The first-order valence-corrected chi connectivity index (χ1v) is 10.8. The third-order valence-corrected chi connectivity index (χ3v) is 6.92. The average molecular weight is 432 g/mol. The van der Waals surface area contributed by atoms with Crippen molar-refractivity contribution in [2.24, 2.45) is 0 Å². The Labute approximate surface area is 175 Å². The molecule has 4 rings (SSSR count). The summed E-state index contributed by atoms with van der Waals surface area (Å²) in [5.74, 6) is 0.0993. The Balaban J connectivity index is 1.60. The predicted molar refractivity (Wildman–Crippen MR) is 115 cm³/mol. The zero-order valence-electron chi connectivity index (χ0n) is 15.6. The summed E-state index contributed by atoms with van der Waals surface area (Å²) >= 11 is 9.10. The van der Waals surface area contributed by atoms with E-state index in [9.17, 15) is 4.79 Å². The highest BCUT2D eigenvalue weighted by atomic mass is 35.5. The number of rotatable bonds is 5. The minimum atomic E-state index is -0.184. The Morgan fingerprint density at radius 1 is 1.25 bits per heavy atom. The van der Waals surface area contributed by atoms with Crippen molar-refractivity contribution in [2.75, 3.05) is 5.32 Å². The molecule has 0 aliphatic heterocycles. The maximum absolute atomic E-state index is 12.7. The van der Waals surface area contributed by atoms with E-state index in [-0.39, 0.29) is 11.8 Å². The molecule has 0 aliphatic carbocycles. The van der Waals surface area contributed by atoms with Crippen LogP contribution in [0.3, 0.4) is 0 Å². The molecule has 3 heterocycles. The lowest BCUT2D eigenvalue weighted by Crippen LogP contribution is -2.10. The van der Waals surface area contributed by atoms with Crippen molar-refractivity contribution in [3.05, 3.63) is 56.5 Å². The van der Waals surface area contributed by atoms with Crippen LogP contribution in [0.15, 0.2) is 30.3 Å². The third kappa shape index (κ3) is 3.67. The largest absolute Gasteiger partial charge is 0.296 e. The van der Waals surface area contributed by atoms with Crippen LogP contribution in [-0.4, -0.2) is 25.9 Å². The summed E-state index contributed by atoms with van der Waals surface area (Å²) in [7, 11) is 0. The molecule has 0 saturated carbocycles. The molecule has 0 bridgehead atoms. The van der Waals surface area contributed by atoms with Crippen molar-refractivity contribution in [2.45, 2.75) is 33.2 Å². The van der Waals surface area contributed by atoms with Gasteiger partial charge in [0.05, 0.1) is 17.1 Å². The highest BCUT2D eigenvalue weighted by molar-refractivity contribution is 7.20. The Bertz CT molecular complexity index is 1160. The number of aromatic nitrogens is 4. The second-order valence-corrected chi connectivity index (χ2v) is 9.17. The van der Waals surface area contributed by atoms with Crippen molar-refractivity contribution < 1.29 is 4.79 Å². The second-order valence-electron chi connectivity index (χ2n) is 6.72. The van der Waals surface area contributed by atoms with Gasteiger partial charge in [0, 0.05) is 16.3 Å². The zero-order chi connectivity index (χ0) is 19.8. The molecular formula is C19H18ClN5OS2. The van der Waals surface area contributed by atoms with Crippen LogP contribution in [0.25, 0.3) is 10.2 Å². The summed E-state index contributed by atoms with van der Waals surface area (Å²) in [4.78, 5) is 14.2. The third-order valence-electron chi connectivity index (χ3n) is 4.26. The number of carbonyl (C=O) groups is 1. The molecule has 0 radical (unpaired) electrons. The van der Waals surface area contributed by atoms with E-state index in [0.29, 0.717) is 21.6 Å². The summed E-state index contributed by atoms with van der Waals surface area (Å²) in [5, 5.41) is 18.7. The Morgan fingerprint density at radius 3 is 2.75 bits per heavy atom. The predicted octanol–water partition coefficient (Wildman–Crippen LogP) is 5.34. The van der Waals surface area contributed by atoms with E-state index >= 15 is 0 Å². The number of fused-ring (bicyclic) bond motifs is 1. The lowest BCUT2D eigenvalue weighted by atomic mass is 10.2. The fourth-order valence-corrected chi connectivity index (χ4v) is 4.79. The van der Waals surface area contributed by atoms with Crippen LogP contribution < -0.4 is 5.32 Å². The van der Waals surface area contributed by atoms with Crippen LogP contribution in [0.5, 0.6) is 0 Å². The van der Waals surface area contributed by atoms with E-state index in [1.54, 1.807) is 0 Å². The first kappa shape index (κ1) is 19.0. The summed E-state index contributed by atoms with van der Waals surface area (Å²) in [6, 6.07) is 9.58. The van der Waals surface area contributed by atoms with E-state index in [4.69, 9.17) is 11.6 Å². The molecule has 0 saturated heterocycles. The molecule has 0 atom stereocenters. The number of carbonyl (C=O) groups excluding carboxylic acids is 1.